The fraction of sp³-hybridized carbons (Fsp3) is 0.133. The molecule has 0 N–H and O–H groups in total. The van der Waals surface area contributed by atoms with Crippen molar-refractivity contribution in [3.05, 3.63) is 63.1 Å². The lowest BCUT2D eigenvalue weighted by Gasteiger charge is -2.11. The van der Waals surface area contributed by atoms with Crippen LogP contribution >= 0.6 is 15.9 Å². The maximum absolute atomic E-state index is 13.7. The van der Waals surface area contributed by atoms with Gasteiger partial charge in [-0.3, -0.25) is 4.79 Å². The average Bonchev–Trinajstić information content (AvgIpc) is 2.40. The van der Waals surface area contributed by atoms with Crippen LogP contribution in [0.25, 0.3) is 0 Å². The Balaban J connectivity index is 2.55. The van der Waals surface area contributed by atoms with E-state index in [4.69, 9.17) is 4.74 Å². The van der Waals surface area contributed by atoms with Crippen molar-refractivity contribution in [1.29, 1.82) is 0 Å². The molecule has 20 heavy (non-hydrogen) atoms. The number of hydrogen-bond acceptors (Lipinski definition) is 2. The number of rotatable bonds is 3. The molecule has 0 unspecified atom stereocenters. The van der Waals surface area contributed by atoms with Crippen molar-refractivity contribution in [3.8, 4) is 5.75 Å². The summed E-state index contributed by atoms with van der Waals surface area (Å²) in [6, 6.07) is 6.10. The molecule has 2 aromatic rings. The van der Waals surface area contributed by atoms with Gasteiger partial charge in [0, 0.05) is 10.5 Å². The normalized spacial score (nSPS) is 10.4. The Morgan fingerprint density at radius 3 is 2.45 bits per heavy atom. The molecule has 0 saturated heterocycles. The minimum Gasteiger partial charge on any atom is -0.496 e. The molecule has 0 heterocycles. The molecule has 0 amide bonds. The lowest BCUT2D eigenvalue weighted by Crippen LogP contribution is -2.07. The Bertz CT molecular complexity index is 684. The molecule has 0 aromatic heterocycles. The van der Waals surface area contributed by atoms with E-state index in [0.717, 1.165) is 17.7 Å². The van der Waals surface area contributed by atoms with Gasteiger partial charge in [0.15, 0.2) is 5.78 Å². The van der Waals surface area contributed by atoms with Crippen LogP contribution < -0.4 is 4.74 Å². The third-order valence-corrected chi connectivity index (χ3v) is 3.76. The maximum Gasteiger partial charge on any atom is 0.199 e. The summed E-state index contributed by atoms with van der Waals surface area (Å²) >= 11 is 3.32. The molecule has 0 aliphatic carbocycles. The Morgan fingerprint density at radius 1 is 1.15 bits per heavy atom. The van der Waals surface area contributed by atoms with Gasteiger partial charge < -0.3 is 4.74 Å². The summed E-state index contributed by atoms with van der Waals surface area (Å²) < 4.78 is 32.4. The number of benzene rings is 2. The van der Waals surface area contributed by atoms with E-state index in [-0.39, 0.29) is 11.1 Å². The summed E-state index contributed by atoms with van der Waals surface area (Å²) in [5.41, 5.74) is 0.911. The van der Waals surface area contributed by atoms with Crippen LogP contribution in [0.5, 0.6) is 5.75 Å². The zero-order chi connectivity index (χ0) is 14.9. The fourth-order valence-corrected chi connectivity index (χ4v) is 2.16. The summed E-state index contributed by atoms with van der Waals surface area (Å²) in [7, 11) is 1.43. The van der Waals surface area contributed by atoms with E-state index >= 15 is 0 Å². The highest BCUT2D eigenvalue weighted by molar-refractivity contribution is 9.10. The van der Waals surface area contributed by atoms with Crippen LogP contribution in [-0.4, -0.2) is 12.9 Å². The monoisotopic (exact) mass is 340 g/mol. The number of methoxy groups -OCH3 is 1. The lowest BCUT2D eigenvalue weighted by atomic mass is 10.0. The van der Waals surface area contributed by atoms with Crippen LogP contribution in [0.15, 0.2) is 34.8 Å². The van der Waals surface area contributed by atoms with Crippen LogP contribution in [0, 0.1) is 18.6 Å². The maximum atomic E-state index is 13.7. The van der Waals surface area contributed by atoms with E-state index in [1.165, 1.54) is 7.11 Å². The summed E-state index contributed by atoms with van der Waals surface area (Å²) in [5, 5.41) is 0. The third-order valence-electron chi connectivity index (χ3n) is 2.90. The quantitative estimate of drug-likeness (QED) is 0.779. The predicted octanol–water partition coefficient (Wildman–Crippen LogP) is 4.28. The molecule has 0 saturated carbocycles. The van der Waals surface area contributed by atoms with Crippen molar-refractivity contribution >= 4 is 21.7 Å². The van der Waals surface area contributed by atoms with Crippen LogP contribution in [0.3, 0.4) is 0 Å². The highest BCUT2D eigenvalue weighted by atomic mass is 79.9. The number of halogens is 3. The molecule has 2 nitrogen and oxygen atoms in total. The summed E-state index contributed by atoms with van der Waals surface area (Å²) in [5.74, 6) is -1.83. The second kappa shape index (κ2) is 5.71. The molecule has 5 heteroatoms. The van der Waals surface area contributed by atoms with Gasteiger partial charge in [-0.05, 0) is 36.8 Å². The predicted molar refractivity (Wildman–Crippen MR) is 75.2 cm³/mol. The van der Waals surface area contributed by atoms with Gasteiger partial charge in [-0.1, -0.05) is 15.9 Å². The van der Waals surface area contributed by atoms with Crippen LogP contribution in [0.4, 0.5) is 8.78 Å². The second-order valence-corrected chi connectivity index (χ2v) is 5.11. The number of ketones is 1. The Labute approximate surface area is 123 Å². The third kappa shape index (κ3) is 2.72. The van der Waals surface area contributed by atoms with Crippen LogP contribution in [0.1, 0.15) is 21.5 Å². The van der Waals surface area contributed by atoms with Crippen molar-refractivity contribution in [2.75, 3.05) is 7.11 Å². The Hall–Kier alpha value is -1.75. The van der Waals surface area contributed by atoms with Crippen molar-refractivity contribution in [1.82, 2.24) is 0 Å². The van der Waals surface area contributed by atoms with Crippen molar-refractivity contribution in [2.45, 2.75) is 6.92 Å². The van der Waals surface area contributed by atoms with Gasteiger partial charge in [-0.25, -0.2) is 8.78 Å². The Kier molecular flexibility index (Phi) is 4.18. The topological polar surface area (TPSA) is 26.3 Å². The van der Waals surface area contributed by atoms with Gasteiger partial charge in [-0.15, -0.1) is 0 Å². The largest absolute Gasteiger partial charge is 0.496 e. The van der Waals surface area contributed by atoms with Crippen molar-refractivity contribution in [2.24, 2.45) is 0 Å². The molecule has 0 aliphatic rings. The van der Waals surface area contributed by atoms with Gasteiger partial charge in [0.2, 0.25) is 0 Å². The number of carbonyl (C=O) groups is 1. The average molecular weight is 341 g/mol. The van der Waals surface area contributed by atoms with E-state index in [1.54, 1.807) is 12.1 Å². The molecule has 0 atom stereocenters. The molecule has 0 spiro atoms. The van der Waals surface area contributed by atoms with Crippen LogP contribution in [-0.2, 0) is 0 Å². The van der Waals surface area contributed by atoms with Crippen molar-refractivity contribution < 1.29 is 18.3 Å². The summed E-state index contributed by atoms with van der Waals surface area (Å²) in [4.78, 5) is 12.4. The second-order valence-electron chi connectivity index (χ2n) is 4.25. The van der Waals surface area contributed by atoms with Crippen molar-refractivity contribution in [3.63, 3.8) is 0 Å². The molecule has 2 aromatic carbocycles. The first kappa shape index (κ1) is 14.7. The van der Waals surface area contributed by atoms with Gasteiger partial charge in [0.05, 0.1) is 18.2 Å². The zero-order valence-corrected chi connectivity index (χ0v) is 12.4. The summed E-state index contributed by atoms with van der Waals surface area (Å²) in [6.07, 6.45) is 0. The van der Waals surface area contributed by atoms with E-state index < -0.39 is 17.4 Å². The van der Waals surface area contributed by atoms with Crippen LogP contribution in [0.2, 0.25) is 0 Å². The fourth-order valence-electron chi connectivity index (χ4n) is 1.82. The SMILES string of the molecule is COc1cc(C)c(Br)cc1C(=O)c1ccc(F)cc1F. The van der Waals surface area contributed by atoms with E-state index in [0.29, 0.717) is 16.3 Å². The van der Waals surface area contributed by atoms with E-state index in [2.05, 4.69) is 15.9 Å². The van der Waals surface area contributed by atoms with Gasteiger partial charge >= 0.3 is 0 Å². The molecule has 0 aliphatic heterocycles. The lowest BCUT2D eigenvalue weighted by molar-refractivity contribution is 0.103. The summed E-state index contributed by atoms with van der Waals surface area (Å²) in [6.45, 7) is 1.85. The first-order valence-corrected chi connectivity index (χ1v) is 6.57. The number of carbonyl (C=O) groups excluding carboxylic acids is 1. The zero-order valence-electron chi connectivity index (χ0n) is 10.8. The Morgan fingerprint density at radius 2 is 1.85 bits per heavy atom. The highest BCUT2D eigenvalue weighted by Crippen LogP contribution is 2.29. The molecule has 104 valence electrons. The van der Waals surface area contributed by atoms with E-state index in [1.807, 2.05) is 6.92 Å². The molecular weight excluding hydrogens is 330 g/mol. The number of hydrogen-bond donors (Lipinski definition) is 0. The van der Waals surface area contributed by atoms with Gasteiger partial charge in [-0.2, -0.15) is 0 Å². The number of aryl methyl sites for hydroxylation is 1. The first-order chi connectivity index (χ1) is 9.43. The van der Waals surface area contributed by atoms with Gasteiger partial charge in [0.1, 0.15) is 17.4 Å². The highest BCUT2D eigenvalue weighted by Gasteiger charge is 2.19. The minimum atomic E-state index is -0.895. The number of ether oxygens (including phenoxy) is 1. The van der Waals surface area contributed by atoms with E-state index in [9.17, 15) is 13.6 Å². The van der Waals surface area contributed by atoms with Gasteiger partial charge in [0.25, 0.3) is 0 Å². The minimum absolute atomic E-state index is 0.194. The molecule has 0 fully saturated rings. The molecule has 0 bridgehead atoms. The molecule has 2 rings (SSSR count). The molecule has 0 radical (unpaired) electrons. The smallest absolute Gasteiger partial charge is 0.199 e. The first-order valence-electron chi connectivity index (χ1n) is 5.78. The molecular formula is C15H11BrF2O2. The standard InChI is InChI=1S/C15H11BrF2O2/c1-8-5-14(20-2)11(7-12(8)16)15(19)10-4-3-9(17)6-13(10)18/h3-7H,1-2H3.